The van der Waals surface area contributed by atoms with Crippen molar-refractivity contribution in [2.75, 3.05) is 55.2 Å². The molecule has 0 saturated carbocycles. The largest absolute Gasteiger partial charge is 0.368 e. The van der Waals surface area contributed by atoms with Gasteiger partial charge in [-0.1, -0.05) is 56.0 Å². The van der Waals surface area contributed by atoms with E-state index in [1.54, 1.807) is 6.08 Å². The summed E-state index contributed by atoms with van der Waals surface area (Å²) in [4.78, 5) is 17.2. The van der Waals surface area contributed by atoms with Crippen molar-refractivity contribution in [1.82, 2.24) is 19.9 Å². The minimum atomic E-state index is -4.24. The fraction of sp³-hybridized carbons (Fsp3) is 0.423. The molecule has 1 saturated heterocycles. The third-order valence-electron chi connectivity index (χ3n) is 5.93. The second-order valence-corrected chi connectivity index (χ2v) is 10.4. The maximum absolute atomic E-state index is 10.9. The number of nitrogens with one attached hydrogen (secondary N) is 1. The van der Waals surface area contributed by atoms with E-state index >= 15 is 0 Å². The maximum atomic E-state index is 10.9. The van der Waals surface area contributed by atoms with Gasteiger partial charge in [-0.15, -0.1) is 6.58 Å². The molecule has 1 aromatic rings. The van der Waals surface area contributed by atoms with Crippen molar-refractivity contribution in [1.29, 1.82) is 0 Å². The summed E-state index contributed by atoms with van der Waals surface area (Å²) in [6.45, 7) is 16.2. The van der Waals surface area contributed by atoms with Crippen LogP contribution in [-0.4, -0.2) is 72.1 Å². The van der Waals surface area contributed by atoms with Crippen LogP contribution in [0.15, 0.2) is 72.4 Å². The van der Waals surface area contributed by atoms with Gasteiger partial charge in [-0.25, -0.2) is 0 Å². The summed E-state index contributed by atoms with van der Waals surface area (Å²) in [5.74, 6) is 1.37. The van der Waals surface area contributed by atoms with Crippen molar-refractivity contribution in [3.63, 3.8) is 0 Å². The molecule has 0 spiro atoms. The average Bonchev–Trinajstić information content (AvgIpc) is 2.85. The molecule has 2 atom stereocenters. The Balaban J connectivity index is 1.94. The summed E-state index contributed by atoms with van der Waals surface area (Å²) in [7, 11) is -4.24. The zero-order valence-electron chi connectivity index (χ0n) is 22.2. The molecule has 1 aromatic heterocycles. The Hall–Kier alpha value is -3.32. The number of hydrogen-bond donors (Lipinski definition) is 4. The zero-order chi connectivity index (χ0) is 28.1. The number of aromatic nitrogens is 3. The summed E-state index contributed by atoms with van der Waals surface area (Å²) in [5, 5.41) is 3.23. The molecule has 0 bridgehead atoms. The van der Waals surface area contributed by atoms with Crippen LogP contribution in [0, 0.1) is 11.8 Å². The van der Waals surface area contributed by atoms with Crippen LogP contribution >= 0.6 is 0 Å². The molecule has 0 aromatic carbocycles. The van der Waals surface area contributed by atoms with Crippen LogP contribution in [0.4, 0.5) is 17.8 Å². The Morgan fingerprint density at radius 1 is 1.18 bits per heavy atom. The minimum Gasteiger partial charge on any atom is -0.368 e. The first kappa shape index (κ1) is 30.9. The number of anilines is 3. The lowest BCUT2D eigenvalue weighted by molar-refractivity contribution is 0.263. The topological polar surface area (TPSA) is 164 Å². The Labute approximate surface area is 226 Å². The van der Waals surface area contributed by atoms with Crippen LogP contribution < -0.4 is 21.7 Å². The van der Waals surface area contributed by atoms with Gasteiger partial charge in [0.2, 0.25) is 17.8 Å². The Morgan fingerprint density at radius 2 is 1.89 bits per heavy atom. The van der Waals surface area contributed by atoms with Crippen molar-refractivity contribution in [2.24, 2.45) is 17.6 Å². The molecule has 12 heteroatoms. The number of nitrogens with zero attached hydrogens (tertiary/aromatic N) is 5. The van der Waals surface area contributed by atoms with Gasteiger partial charge in [0.15, 0.2) is 0 Å². The van der Waals surface area contributed by atoms with Gasteiger partial charge in [-0.2, -0.15) is 23.4 Å². The van der Waals surface area contributed by atoms with E-state index in [2.05, 4.69) is 62.3 Å². The SMILES string of the molecule is C=CC(/C=C/C/C=C\C=C/C(=C)S(=O)(=O)O)C(C)/C=C(\C)Nc1nc(N)nc(N2CCN(CCN)CC2)n1. The van der Waals surface area contributed by atoms with Crippen molar-refractivity contribution < 1.29 is 13.0 Å². The van der Waals surface area contributed by atoms with Crippen LogP contribution in [0.5, 0.6) is 0 Å². The van der Waals surface area contributed by atoms with Crippen molar-refractivity contribution in [2.45, 2.75) is 20.3 Å². The standard InChI is InChI=1S/C26H40N8O3S/c1-5-23(12-10-8-6-7-9-11-22(4)38(35,36)37)20(2)19-21(3)29-25-30-24(28)31-26(32-25)34-17-15-33(14-13-27)16-18-34/h5-7,9-12,19-20,23H,1,4,8,13-18,27H2,2-3H3,(H,35,36,37)(H3,28,29,30,31,32)/b7-6-,11-9-,12-10+,21-19+. The molecule has 2 unspecified atom stereocenters. The van der Waals surface area contributed by atoms with Crippen molar-refractivity contribution in [3.8, 4) is 0 Å². The molecule has 2 rings (SSSR count). The molecule has 0 amide bonds. The summed E-state index contributed by atoms with van der Waals surface area (Å²) < 4.78 is 30.7. The lowest BCUT2D eigenvalue weighted by Gasteiger charge is -2.34. The quantitative estimate of drug-likeness (QED) is 0.155. The molecule has 2 heterocycles. The molecule has 208 valence electrons. The maximum Gasteiger partial charge on any atom is 0.293 e. The smallest absolute Gasteiger partial charge is 0.293 e. The van der Waals surface area contributed by atoms with Gasteiger partial charge < -0.3 is 21.7 Å². The molecule has 11 nitrogen and oxygen atoms in total. The van der Waals surface area contributed by atoms with Crippen molar-refractivity contribution in [3.05, 3.63) is 72.4 Å². The van der Waals surface area contributed by atoms with E-state index in [9.17, 15) is 8.42 Å². The molecule has 1 aliphatic rings. The van der Waals surface area contributed by atoms with Crippen LogP contribution in [0.2, 0.25) is 0 Å². The molecular weight excluding hydrogens is 504 g/mol. The number of nitrogens with two attached hydrogens (primary N) is 2. The lowest BCUT2D eigenvalue weighted by atomic mass is 9.92. The molecule has 38 heavy (non-hydrogen) atoms. The van der Waals surface area contributed by atoms with E-state index in [4.69, 9.17) is 16.0 Å². The Kier molecular flexibility index (Phi) is 12.3. The summed E-state index contributed by atoms with van der Waals surface area (Å²) in [6, 6.07) is 0. The highest BCUT2D eigenvalue weighted by atomic mass is 32.2. The first-order valence-corrected chi connectivity index (χ1v) is 13.9. The molecular formula is C26H40N8O3S. The summed E-state index contributed by atoms with van der Waals surface area (Å²) in [6.07, 6.45) is 15.0. The van der Waals surface area contributed by atoms with Crippen LogP contribution in [0.3, 0.4) is 0 Å². The van der Waals surface area contributed by atoms with Gasteiger partial charge in [-0.05, 0) is 25.3 Å². The highest BCUT2D eigenvalue weighted by molar-refractivity contribution is 7.90. The van der Waals surface area contributed by atoms with Crippen molar-refractivity contribution >= 4 is 28.0 Å². The van der Waals surface area contributed by atoms with Gasteiger partial charge in [-0.3, -0.25) is 9.45 Å². The van der Waals surface area contributed by atoms with Crippen LogP contribution in [0.1, 0.15) is 20.3 Å². The van der Waals surface area contributed by atoms with E-state index in [0.29, 0.717) is 24.9 Å². The predicted molar refractivity (Wildman–Crippen MR) is 155 cm³/mol. The fourth-order valence-corrected chi connectivity index (χ4v) is 4.09. The van der Waals surface area contributed by atoms with E-state index in [-0.39, 0.29) is 22.7 Å². The van der Waals surface area contributed by atoms with Crippen LogP contribution in [0.25, 0.3) is 0 Å². The highest BCUT2D eigenvalue weighted by Crippen LogP contribution is 2.20. The van der Waals surface area contributed by atoms with Gasteiger partial charge in [0, 0.05) is 50.9 Å². The van der Waals surface area contributed by atoms with E-state index in [1.807, 2.05) is 25.2 Å². The molecule has 1 aliphatic heterocycles. The predicted octanol–water partition coefficient (Wildman–Crippen LogP) is 2.75. The number of nitrogen functional groups attached to an aromatic ring is 1. The van der Waals surface area contributed by atoms with Gasteiger partial charge in [0.05, 0.1) is 4.91 Å². The number of hydrogen-bond acceptors (Lipinski definition) is 10. The van der Waals surface area contributed by atoms with Crippen LogP contribution in [-0.2, 0) is 10.1 Å². The van der Waals surface area contributed by atoms with Gasteiger partial charge in [0.25, 0.3) is 10.1 Å². The first-order valence-electron chi connectivity index (χ1n) is 12.5. The number of allylic oxidation sites excluding steroid dienone is 9. The Morgan fingerprint density at radius 3 is 2.53 bits per heavy atom. The number of piperazine rings is 1. The van der Waals surface area contributed by atoms with Gasteiger partial charge >= 0.3 is 0 Å². The second-order valence-electron chi connectivity index (χ2n) is 8.97. The zero-order valence-corrected chi connectivity index (χ0v) is 23.0. The highest BCUT2D eigenvalue weighted by Gasteiger charge is 2.20. The number of rotatable bonds is 14. The molecule has 0 radical (unpaired) electrons. The lowest BCUT2D eigenvalue weighted by Crippen LogP contribution is -2.48. The van der Waals surface area contributed by atoms with Gasteiger partial charge in [0.1, 0.15) is 0 Å². The van der Waals surface area contributed by atoms with E-state index in [0.717, 1.165) is 38.4 Å². The van der Waals surface area contributed by atoms with E-state index in [1.165, 1.54) is 12.2 Å². The molecule has 1 fully saturated rings. The normalized spacial score (nSPS) is 17.4. The second kappa shape index (κ2) is 15.2. The van der Waals surface area contributed by atoms with E-state index < -0.39 is 10.1 Å². The summed E-state index contributed by atoms with van der Waals surface area (Å²) >= 11 is 0. The fourth-order valence-electron chi connectivity index (χ4n) is 3.84. The third kappa shape index (κ3) is 10.6. The molecule has 0 aliphatic carbocycles. The molecule has 6 N–H and O–H groups in total. The minimum absolute atomic E-state index is 0.0961. The monoisotopic (exact) mass is 544 g/mol. The first-order chi connectivity index (χ1) is 18.0. The Bertz CT molecular complexity index is 1170. The third-order valence-corrected chi connectivity index (χ3v) is 6.73. The summed E-state index contributed by atoms with van der Waals surface area (Å²) in [5.41, 5.74) is 12.5. The average molecular weight is 545 g/mol.